The van der Waals surface area contributed by atoms with Crippen molar-refractivity contribution >= 4 is 17.2 Å². The van der Waals surface area contributed by atoms with E-state index in [0.29, 0.717) is 5.92 Å². The number of benzene rings is 2. The van der Waals surface area contributed by atoms with Crippen LogP contribution in [0.2, 0.25) is 0 Å². The van der Waals surface area contributed by atoms with Crippen molar-refractivity contribution in [3.05, 3.63) is 77.6 Å². The average molecular weight is 399 g/mol. The van der Waals surface area contributed by atoms with Crippen LogP contribution < -0.4 is 5.32 Å². The van der Waals surface area contributed by atoms with E-state index in [-0.39, 0.29) is 5.41 Å². The van der Waals surface area contributed by atoms with Crippen LogP contribution in [0.5, 0.6) is 0 Å². The van der Waals surface area contributed by atoms with Crippen LogP contribution in [0.1, 0.15) is 57.5 Å². The molecule has 0 aliphatic heterocycles. The minimum Gasteiger partial charge on any atom is -0.340 e. The number of anilines is 2. The zero-order valence-electron chi connectivity index (χ0n) is 18.7. The summed E-state index contributed by atoms with van der Waals surface area (Å²) in [5, 5.41) is 8.42. The maximum absolute atomic E-state index is 5.04. The van der Waals surface area contributed by atoms with Gasteiger partial charge in [0.25, 0.3) is 0 Å². The Hall–Kier alpha value is -3.14. The van der Waals surface area contributed by atoms with Crippen molar-refractivity contribution in [2.75, 3.05) is 5.32 Å². The monoisotopic (exact) mass is 398 g/mol. The summed E-state index contributed by atoms with van der Waals surface area (Å²) in [5.41, 5.74) is 7.40. The number of nitrogens with zero attached hydrogens (tertiary/aromatic N) is 3. The molecule has 0 bridgehead atoms. The van der Waals surface area contributed by atoms with Gasteiger partial charge in [0.05, 0.1) is 11.4 Å². The van der Waals surface area contributed by atoms with Crippen molar-refractivity contribution in [1.82, 2.24) is 14.6 Å². The second-order valence-electron chi connectivity index (χ2n) is 9.24. The normalized spacial score (nSPS) is 12.0. The Morgan fingerprint density at radius 1 is 0.933 bits per heavy atom. The number of aromatic nitrogens is 3. The van der Waals surface area contributed by atoms with Gasteiger partial charge in [-0.15, -0.1) is 0 Å². The van der Waals surface area contributed by atoms with Gasteiger partial charge in [0.15, 0.2) is 5.65 Å². The van der Waals surface area contributed by atoms with Gasteiger partial charge in [0.1, 0.15) is 5.82 Å². The summed E-state index contributed by atoms with van der Waals surface area (Å²) in [7, 11) is 0. The molecule has 0 radical (unpaired) electrons. The van der Waals surface area contributed by atoms with Gasteiger partial charge < -0.3 is 5.32 Å². The topological polar surface area (TPSA) is 42.2 Å². The third kappa shape index (κ3) is 3.82. The number of hydrogen-bond donors (Lipinski definition) is 1. The summed E-state index contributed by atoms with van der Waals surface area (Å²) in [5.74, 6) is 1.44. The summed E-state index contributed by atoms with van der Waals surface area (Å²) in [6.07, 6.45) is 0. The average Bonchev–Trinajstić information content (AvgIpc) is 3.04. The quantitative estimate of drug-likeness (QED) is 0.408. The molecule has 2 heterocycles. The molecule has 154 valence electrons. The van der Waals surface area contributed by atoms with Crippen LogP contribution in [0.3, 0.4) is 0 Å². The molecule has 0 aliphatic rings. The number of hydrogen-bond acceptors (Lipinski definition) is 3. The van der Waals surface area contributed by atoms with Gasteiger partial charge in [-0.05, 0) is 36.1 Å². The minimum absolute atomic E-state index is 0.0776. The maximum Gasteiger partial charge on any atom is 0.165 e. The molecule has 4 aromatic rings. The number of nitrogens with one attached hydrogen (secondary N) is 1. The standard InChI is InChI=1S/C26H30N4/c1-17(2)19-12-14-21(15-13-19)27-23-16-22(26(4,5)6)28-25-24(18(3)29-30(23)25)20-10-8-7-9-11-20/h7-17,27H,1-6H3. The number of aryl methyl sites for hydroxylation is 1. The van der Waals surface area contributed by atoms with E-state index in [9.17, 15) is 0 Å². The van der Waals surface area contributed by atoms with Crippen LogP contribution >= 0.6 is 0 Å². The zero-order valence-corrected chi connectivity index (χ0v) is 18.7. The van der Waals surface area contributed by atoms with E-state index in [0.717, 1.165) is 39.7 Å². The van der Waals surface area contributed by atoms with E-state index >= 15 is 0 Å². The summed E-state index contributed by atoms with van der Waals surface area (Å²) in [4.78, 5) is 5.04. The Morgan fingerprint density at radius 2 is 1.60 bits per heavy atom. The Morgan fingerprint density at radius 3 is 2.20 bits per heavy atom. The van der Waals surface area contributed by atoms with Gasteiger partial charge in [0, 0.05) is 22.7 Å². The Kier molecular flexibility index (Phi) is 5.10. The fourth-order valence-electron chi connectivity index (χ4n) is 3.64. The summed E-state index contributed by atoms with van der Waals surface area (Å²) in [6, 6.07) is 21.1. The molecule has 0 aliphatic carbocycles. The molecule has 0 unspecified atom stereocenters. The minimum atomic E-state index is -0.0776. The molecule has 4 nitrogen and oxygen atoms in total. The molecule has 2 aromatic heterocycles. The molecule has 0 atom stereocenters. The van der Waals surface area contributed by atoms with Crippen molar-refractivity contribution in [3.8, 4) is 11.1 Å². The Labute approximate surface area is 179 Å². The first-order chi connectivity index (χ1) is 14.2. The predicted octanol–water partition coefficient (Wildman–Crippen LogP) is 6.87. The molecule has 4 heteroatoms. The van der Waals surface area contributed by atoms with Crippen LogP contribution in [-0.2, 0) is 5.41 Å². The predicted molar refractivity (Wildman–Crippen MR) is 126 cm³/mol. The highest BCUT2D eigenvalue weighted by molar-refractivity contribution is 5.81. The lowest BCUT2D eigenvalue weighted by atomic mass is 9.92. The van der Waals surface area contributed by atoms with Gasteiger partial charge in [-0.2, -0.15) is 9.61 Å². The fraction of sp³-hybridized carbons (Fsp3) is 0.308. The van der Waals surface area contributed by atoms with Crippen molar-refractivity contribution in [2.24, 2.45) is 0 Å². The molecule has 1 N–H and O–H groups in total. The molecular formula is C26H30N4. The van der Waals surface area contributed by atoms with E-state index in [1.807, 2.05) is 10.6 Å². The highest BCUT2D eigenvalue weighted by atomic mass is 15.3. The van der Waals surface area contributed by atoms with Gasteiger partial charge in [-0.25, -0.2) is 4.98 Å². The first-order valence-corrected chi connectivity index (χ1v) is 10.6. The third-order valence-corrected chi connectivity index (χ3v) is 5.44. The van der Waals surface area contributed by atoms with E-state index in [2.05, 4.69) is 101 Å². The maximum atomic E-state index is 5.04. The smallest absolute Gasteiger partial charge is 0.165 e. The highest BCUT2D eigenvalue weighted by Gasteiger charge is 2.22. The molecule has 4 rings (SSSR count). The van der Waals surface area contributed by atoms with Crippen LogP contribution in [0, 0.1) is 6.92 Å². The van der Waals surface area contributed by atoms with Crippen LogP contribution in [0.15, 0.2) is 60.7 Å². The van der Waals surface area contributed by atoms with Crippen LogP contribution in [-0.4, -0.2) is 14.6 Å². The van der Waals surface area contributed by atoms with E-state index < -0.39 is 0 Å². The molecule has 0 saturated heterocycles. The van der Waals surface area contributed by atoms with Crippen LogP contribution in [0.25, 0.3) is 16.8 Å². The van der Waals surface area contributed by atoms with Gasteiger partial charge >= 0.3 is 0 Å². The van der Waals surface area contributed by atoms with E-state index in [1.54, 1.807) is 0 Å². The molecule has 0 saturated carbocycles. The largest absolute Gasteiger partial charge is 0.340 e. The van der Waals surface area contributed by atoms with Crippen molar-refractivity contribution < 1.29 is 0 Å². The molecule has 0 fully saturated rings. The van der Waals surface area contributed by atoms with Crippen molar-refractivity contribution in [1.29, 1.82) is 0 Å². The number of rotatable bonds is 4. The summed E-state index contributed by atoms with van der Waals surface area (Å²) < 4.78 is 1.93. The van der Waals surface area contributed by atoms with E-state index in [1.165, 1.54) is 5.56 Å². The molecule has 2 aromatic carbocycles. The molecular weight excluding hydrogens is 368 g/mol. The third-order valence-electron chi connectivity index (χ3n) is 5.44. The lowest BCUT2D eigenvalue weighted by Crippen LogP contribution is -2.16. The Bertz CT molecular complexity index is 1160. The van der Waals surface area contributed by atoms with Crippen LogP contribution in [0.4, 0.5) is 11.5 Å². The summed E-state index contributed by atoms with van der Waals surface area (Å²) >= 11 is 0. The first kappa shape index (κ1) is 20.1. The molecule has 30 heavy (non-hydrogen) atoms. The van der Waals surface area contributed by atoms with Gasteiger partial charge in [-0.1, -0.05) is 77.1 Å². The summed E-state index contributed by atoms with van der Waals surface area (Å²) in [6.45, 7) is 13.1. The van der Waals surface area contributed by atoms with Crippen molar-refractivity contribution in [3.63, 3.8) is 0 Å². The molecule has 0 spiro atoms. The second-order valence-corrected chi connectivity index (χ2v) is 9.24. The van der Waals surface area contributed by atoms with Crippen molar-refractivity contribution in [2.45, 2.75) is 52.9 Å². The molecule has 0 amide bonds. The first-order valence-electron chi connectivity index (χ1n) is 10.6. The highest BCUT2D eigenvalue weighted by Crippen LogP contribution is 2.33. The fourth-order valence-corrected chi connectivity index (χ4v) is 3.64. The lowest BCUT2D eigenvalue weighted by Gasteiger charge is -2.20. The number of fused-ring (bicyclic) bond motifs is 1. The van der Waals surface area contributed by atoms with Gasteiger partial charge in [0.2, 0.25) is 0 Å². The lowest BCUT2D eigenvalue weighted by molar-refractivity contribution is 0.569. The Balaban J connectivity index is 1.88. The zero-order chi connectivity index (χ0) is 21.5. The van der Waals surface area contributed by atoms with Gasteiger partial charge in [-0.3, -0.25) is 0 Å². The second kappa shape index (κ2) is 7.60. The SMILES string of the molecule is Cc1nn2c(Nc3ccc(C(C)C)cc3)cc(C(C)(C)C)nc2c1-c1ccccc1. The van der Waals surface area contributed by atoms with E-state index in [4.69, 9.17) is 10.1 Å².